The number of carbonyl (C=O) groups excluding carboxylic acids is 3. The van der Waals surface area contributed by atoms with E-state index in [4.69, 9.17) is 16.3 Å². The normalized spacial score (nSPS) is 15.9. The van der Waals surface area contributed by atoms with E-state index in [2.05, 4.69) is 10.6 Å². The molecule has 7 nitrogen and oxygen atoms in total. The lowest BCUT2D eigenvalue weighted by molar-refractivity contribution is -0.122. The average molecular weight is 416 g/mol. The highest BCUT2D eigenvalue weighted by Crippen LogP contribution is 2.29. The molecule has 1 heterocycles. The van der Waals surface area contributed by atoms with E-state index >= 15 is 0 Å². The summed E-state index contributed by atoms with van der Waals surface area (Å²) in [5, 5.41) is 5.71. The Morgan fingerprint density at radius 1 is 1.17 bits per heavy atom. The van der Waals surface area contributed by atoms with Crippen molar-refractivity contribution >= 4 is 46.4 Å². The van der Waals surface area contributed by atoms with Crippen LogP contribution in [0.2, 0.25) is 5.02 Å². The van der Waals surface area contributed by atoms with E-state index < -0.39 is 5.92 Å². The standard InChI is InChI=1S/C21H22ClN3O4/c1-3-29-17-7-5-16(6-8-17)25-12-14(10-20(25)27)21(28)24-15-4-9-19(18(22)11-15)23-13(2)26/h4-9,11,14H,3,10,12H2,1-2H3,(H,23,26)(H,24,28). The number of hydrogen-bond acceptors (Lipinski definition) is 4. The Hall–Kier alpha value is -3.06. The molecule has 1 fully saturated rings. The van der Waals surface area contributed by atoms with Crippen molar-refractivity contribution in [1.29, 1.82) is 0 Å². The van der Waals surface area contributed by atoms with E-state index in [-0.39, 0.29) is 24.1 Å². The predicted molar refractivity (Wildman–Crippen MR) is 112 cm³/mol. The second-order valence-corrected chi connectivity index (χ2v) is 7.10. The molecule has 2 N–H and O–H groups in total. The summed E-state index contributed by atoms with van der Waals surface area (Å²) in [6.07, 6.45) is 0.136. The van der Waals surface area contributed by atoms with Gasteiger partial charge >= 0.3 is 0 Å². The van der Waals surface area contributed by atoms with Gasteiger partial charge in [-0.25, -0.2) is 0 Å². The summed E-state index contributed by atoms with van der Waals surface area (Å²) in [4.78, 5) is 37.8. The van der Waals surface area contributed by atoms with Gasteiger partial charge < -0.3 is 20.3 Å². The quantitative estimate of drug-likeness (QED) is 0.753. The molecule has 3 amide bonds. The Bertz CT molecular complexity index is 930. The summed E-state index contributed by atoms with van der Waals surface area (Å²) in [5.74, 6) is -0.328. The van der Waals surface area contributed by atoms with E-state index in [1.54, 1.807) is 35.2 Å². The van der Waals surface area contributed by atoms with E-state index in [0.717, 1.165) is 11.4 Å². The number of rotatable bonds is 6. The maximum atomic E-state index is 12.6. The second kappa shape index (κ2) is 8.96. The molecule has 0 aliphatic carbocycles. The third kappa shape index (κ3) is 5.06. The molecule has 0 saturated carbocycles. The second-order valence-electron chi connectivity index (χ2n) is 6.70. The van der Waals surface area contributed by atoms with Gasteiger partial charge in [-0.3, -0.25) is 14.4 Å². The van der Waals surface area contributed by atoms with Crippen molar-refractivity contribution in [3.63, 3.8) is 0 Å². The number of amides is 3. The van der Waals surface area contributed by atoms with Gasteiger partial charge in [-0.15, -0.1) is 0 Å². The van der Waals surface area contributed by atoms with Crippen molar-refractivity contribution in [2.45, 2.75) is 20.3 Å². The predicted octanol–water partition coefficient (Wildman–Crippen LogP) is 3.69. The fraction of sp³-hybridized carbons (Fsp3) is 0.286. The van der Waals surface area contributed by atoms with Gasteiger partial charge in [0, 0.05) is 31.3 Å². The van der Waals surface area contributed by atoms with Crippen LogP contribution in [0.25, 0.3) is 0 Å². The number of halogens is 1. The lowest BCUT2D eigenvalue weighted by atomic mass is 10.1. The molecule has 1 aliphatic heterocycles. The molecule has 2 aromatic rings. The van der Waals surface area contributed by atoms with Crippen molar-refractivity contribution in [3.05, 3.63) is 47.5 Å². The molecule has 0 radical (unpaired) electrons. The molecule has 0 aromatic heterocycles. The number of nitrogens with one attached hydrogen (secondary N) is 2. The summed E-state index contributed by atoms with van der Waals surface area (Å²) < 4.78 is 5.41. The maximum absolute atomic E-state index is 12.6. The Morgan fingerprint density at radius 3 is 2.52 bits per heavy atom. The highest BCUT2D eigenvalue weighted by Gasteiger charge is 2.35. The lowest BCUT2D eigenvalue weighted by Gasteiger charge is -2.17. The van der Waals surface area contributed by atoms with Crippen LogP contribution >= 0.6 is 11.6 Å². The zero-order chi connectivity index (χ0) is 21.0. The first-order valence-electron chi connectivity index (χ1n) is 9.28. The van der Waals surface area contributed by atoms with Crippen LogP contribution in [0.1, 0.15) is 20.3 Å². The number of benzene rings is 2. The van der Waals surface area contributed by atoms with E-state index in [0.29, 0.717) is 29.5 Å². The summed E-state index contributed by atoms with van der Waals surface area (Å²) >= 11 is 6.14. The molecule has 0 spiro atoms. The smallest absolute Gasteiger partial charge is 0.229 e. The van der Waals surface area contributed by atoms with Crippen molar-refractivity contribution in [1.82, 2.24) is 0 Å². The monoisotopic (exact) mass is 415 g/mol. The molecule has 1 atom stereocenters. The Kier molecular flexibility index (Phi) is 6.39. The van der Waals surface area contributed by atoms with Gasteiger partial charge in [0.15, 0.2) is 0 Å². The van der Waals surface area contributed by atoms with Crippen molar-refractivity contribution in [2.75, 3.05) is 28.7 Å². The zero-order valence-corrected chi connectivity index (χ0v) is 17.0. The minimum absolute atomic E-state index is 0.103. The van der Waals surface area contributed by atoms with E-state index in [1.165, 1.54) is 6.92 Å². The van der Waals surface area contributed by atoms with Gasteiger partial charge in [-0.1, -0.05) is 11.6 Å². The van der Waals surface area contributed by atoms with Crippen LogP contribution in [0.3, 0.4) is 0 Å². The largest absolute Gasteiger partial charge is 0.494 e. The van der Waals surface area contributed by atoms with Crippen molar-refractivity contribution in [3.8, 4) is 5.75 Å². The topological polar surface area (TPSA) is 87.7 Å². The van der Waals surface area contributed by atoms with Crippen molar-refractivity contribution < 1.29 is 19.1 Å². The minimum Gasteiger partial charge on any atom is -0.494 e. The van der Waals surface area contributed by atoms with Gasteiger partial charge in [0.25, 0.3) is 0 Å². The minimum atomic E-state index is -0.470. The summed E-state index contributed by atoms with van der Waals surface area (Å²) in [6, 6.07) is 12.1. The molecule has 29 heavy (non-hydrogen) atoms. The Morgan fingerprint density at radius 2 is 1.90 bits per heavy atom. The third-order valence-corrected chi connectivity index (χ3v) is 4.82. The van der Waals surface area contributed by atoms with Gasteiger partial charge in [0.2, 0.25) is 17.7 Å². The average Bonchev–Trinajstić information content (AvgIpc) is 3.06. The fourth-order valence-electron chi connectivity index (χ4n) is 3.15. The molecule has 3 rings (SSSR count). The zero-order valence-electron chi connectivity index (χ0n) is 16.2. The van der Waals surface area contributed by atoms with E-state index in [9.17, 15) is 14.4 Å². The molecular weight excluding hydrogens is 394 g/mol. The van der Waals surface area contributed by atoms with Crippen LogP contribution in [0.15, 0.2) is 42.5 Å². The molecular formula is C21H22ClN3O4. The molecule has 0 bridgehead atoms. The summed E-state index contributed by atoms with van der Waals surface area (Å²) in [7, 11) is 0. The van der Waals surface area contributed by atoms with Gasteiger partial charge in [-0.2, -0.15) is 0 Å². The number of carbonyl (C=O) groups is 3. The number of anilines is 3. The molecule has 1 saturated heterocycles. The molecule has 152 valence electrons. The SMILES string of the molecule is CCOc1ccc(N2CC(C(=O)Nc3ccc(NC(C)=O)c(Cl)c3)CC2=O)cc1. The van der Waals surface area contributed by atoms with Crippen LogP contribution in [0.5, 0.6) is 5.75 Å². The Labute approximate surface area is 174 Å². The number of hydrogen-bond donors (Lipinski definition) is 2. The highest BCUT2D eigenvalue weighted by atomic mass is 35.5. The number of ether oxygens (including phenoxy) is 1. The van der Waals surface area contributed by atoms with Gasteiger partial charge in [-0.05, 0) is 49.4 Å². The van der Waals surface area contributed by atoms with Crippen LogP contribution in [-0.4, -0.2) is 30.9 Å². The third-order valence-electron chi connectivity index (χ3n) is 4.50. The number of nitrogens with zero attached hydrogens (tertiary/aromatic N) is 1. The highest BCUT2D eigenvalue weighted by molar-refractivity contribution is 6.34. The van der Waals surface area contributed by atoms with Gasteiger partial charge in [0.1, 0.15) is 5.75 Å². The first-order valence-corrected chi connectivity index (χ1v) is 9.66. The lowest BCUT2D eigenvalue weighted by Crippen LogP contribution is -2.28. The molecule has 2 aromatic carbocycles. The molecule has 8 heteroatoms. The van der Waals surface area contributed by atoms with Crippen LogP contribution < -0.4 is 20.3 Å². The first kappa shape index (κ1) is 20.7. The van der Waals surface area contributed by atoms with Crippen LogP contribution in [0.4, 0.5) is 17.1 Å². The molecule has 1 unspecified atom stereocenters. The summed E-state index contributed by atoms with van der Waals surface area (Å²) in [5.41, 5.74) is 1.70. The Balaban J connectivity index is 1.64. The first-order chi connectivity index (χ1) is 13.9. The molecule has 1 aliphatic rings. The maximum Gasteiger partial charge on any atom is 0.229 e. The van der Waals surface area contributed by atoms with Crippen LogP contribution in [-0.2, 0) is 14.4 Å². The van der Waals surface area contributed by atoms with Gasteiger partial charge in [0.05, 0.1) is 23.2 Å². The fourth-order valence-corrected chi connectivity index (χ4v) is 3.38. The van der Waals surface area contributed by atoms with Crippen molar-refractivity contribution in [2.24, 2.45) is 5.92 Å². The van der Waals surface area contributed by atoms with E-state index in [1.807, 2.05) is 19.1 Å². The summed E-state index contributed by atoms with van der Waals surface area (Å²) in [6.45, 7) is 4.16. The van der Waals surface area contributed by atoms with Crippen LogP contribution in [0, 0.1) is 5.92 Å².